The highest BCUT2D eigenvalue weighted by atomic mass is 32.2. The lowest BCUT2D eigenvalue weighted by atomic mass is 10.3. The summed E-state index contributed by atoms with van der Waals surface area (Å²) in [6.45, 7) is 3.60. The van der Waals surface area contributed by atoms with Crippen LogP contribution in [0.3, 0.4) is 0 Å². The van der Waals surface area contributed by atoms with Crippen LogP contribution in [-0.4, -0.2) is 10.4 Å². The van der Waals surface area contributed by atoms with Crippen LogP contribution in [0.2, 0.25) is 0 Å². The summed E-state index contributed by atoms with van der Waals surface area (Å²) in [4.78, 5) is 0.738. The summed E-state index contributed by atoms with van der Waals surface area (Å²) in [6, 6.07) is 9.21. The van der Waals surface area contributed by atoms with E-state index in [1.807, 2.05) is 24.3 Å². The third-order valence-corrected chi connectivity index (χ3v) is 2.63. The first-order chi connectivity index (χ1) is 6.84. The standard InChI is InChI=1S/C11H13NOS/c1-2-3-7-10-12-14(13)11-8-5-4-6-9-11/h2,4-6,8-10H,1,3,7H2. The van der Waals surface area contributed by atoms with Crippen molar-refractivity contribution in [1.82, 2.24) is 0 Å². The molecule has 1 atom stereocenters. The summed E-state index contributed by atoms with van der Waals surface area (Å²) >= 11 is 0. The van der Waals surface area contributed by atoms with Crippen LogP contribution in [0.5, 0.6) is 0 Å². The van der Waals surface area contributed by atoms with E-state index < -0.39 is 11.0 Å². The second-order valence-corrected chi connectivity index (χ2v) is 3.90. The van der Waals surface area contributed by atoms with Crippen molar-refractivity contribution in [3.8, 4) is 0 Å². The second-order valence-electron chi connectivity index (χ2n) is 2.72. The molecule has 2 nitrogen and oxygen atoms in total. The zero-order chi connectivity index (χ0) is 10.2. The Labute approximate surface area is 87.0 Å². The van der Waals surface area contributed by atoms with Gasteiger partial charge in [-0.3, -0.25) is 0 Å². The van der Waals surface area contributed by atoms with Gasteiger partial charge in [-0.15, -0.1) is 6.58 Å². The molecule has 1 unspecified atom stereocenters. The van der Waals surface area contributed by atoms with Gasteiger partial charge in [-0.2, -0.15) is 4.40 Å². The van der Waals surface area contributed by atoms with E-state index in [1.165, 1.54) is 0 Å². The molecule has 0 saturated heterocycles. The lowest BCUT2D eigenvalue weighted by Gasteiger charge is -1.93. The Morgan fingerprint density at radius 1 is 1.29 bits per heavy atom. The summed E-state index contributed by atoms with van der Waals surface area (Å²) < 4.78 is 15.4. The molecule has 0 spiro atoms. The van der Waals surface area contributed by atoms with E-state index in [0.717, 1.165) is 17.7 Å². The van der Waals surface area contributed by atoms with Crippen molar-refractivity contribution in [3.63, 3.8) is 0 Å². The van der Waals surface area contributed by atoms with Crippen molar-refractivity contribution in [1.29, 1.82) is 0 Å². The predicted octanol–water partition coefficient (Wildman–Crippen LogP) is 2.75. The quantitative estimate of drug-likeness (QED) is 0.414. The normalized spacial score (nSPS) is 12.9. The molecule has 3 heteroatoms. The Bertz CT molecular complexity index is 332. The van der Waals surface area contributed by atoms with Gasteiger partial charge in [-0.25, -0.2) is 4.21 Å². The SMILES string of the molecule is C=CCCC=NS(=O)c1ccccc1. The second kappa shape index (κ2) is 6.27. The molecule has 1 aromatic carbocycles. The summed E-state index contributed by atoms with van der Waals surface area (Å²) in [5.74, 6) is 0. The van der Waals surface area contributed by atoms with Gasteiger partial charge >= 0.3 is 0 Å². The van der Waals surface area contributed by atoms with Crippen LogP contribution in [0, 0.1) is 0 Å². The molecule has 74 valence electrons. The fourth-order valence-corrected chi connectivity index (χ4v) is 1.66. The van der Waals surface area contributed by atoms with E-state index in [4.69, 9.17) is 0 Å². The van der Waals surface area contributed by atoms with E-state index in [0.29, 0.717) is 0 Å². The van der Waals surface area contributed by atoms with Crippen molar-refractivity contribution < 1.29 is 4.21 Å². The van der Waals surface area contributed by atoms with Crippen molar-refractivity contribution in [2.45, 2.75) is 17.7 Å². The fraction of sp³-hybridized carbons (Fsp3) is 0.182. The van der Waals surface area contributed by atoms with Gasteiger partial charge in [-0.05, 0) is 25.0 Å². The van der Waals surface area contributed by atoms with Gasteiger partial charge < -0.3 is 0 Å². The van der Waals surface area contributed by atoms with Crippen LogP contribution in [-0.2, 0) is 11.0 Å². The molecular formula is C11H13NOS. The Morgan fingerprint density at radius 3 is 2.64 bits per heavy atom. The van der Waals surface area contributed by atoms with Gasteiger partial charge in [0.25, 0.3) is 0 Å². The van der Waals surface area contributed by atoms with Gasteiger partial charge in [0, 0.05) is 6.21 Å². The zero-order valence-electron chi connectivity index (χ0n) is 7.93. The monoisotopic (exact) mass is 207 g/mol. The highest BCUT2D eigenvalue weighted by Crippen LogP contribution is 2.05. The summed E-state index contributed by atoms with van der Waals surface area (Å²) in [5.41, 5.74) is 0. The zero-order valence-corrected chi connectivity index (χ0v) is 8.74. The Morgan fingerprint density at radius 2 is 2.00 bits per heavy atom. The molecule has 0 aliphatic heterocycles. The van der Waals surface area contributed by atoms with Crippen LogP contribution < -0.4 is 0 Å². The maximum Gasteiger partial charge on any atom is 0.172 e. The molecule has 1 rings (SSSR count). The molecule has 14 heavy (non-hydrogen) atoms. The van der Waals surface area contributed by atoms with Gasteiger partial charge in [-0.1, -0.05) is 24.3 Å². The predicted molar refractivity (Wildman–Crippen MR) is 60.8 cm³/mol. The average Bonchev–Trinajstić information content (AvgIpc) is 2.25. The summed E-state index contributed by atoms with van der Waals surface area (Å²) in [5, 5.41) is 0. The van der Waals surface area contributed by atoms with E-state index in [-0.39, 0.29) is 0 Å². The first-order valence-electron chi connectivity index (χ1n) is 4.45. The van der Waals surface area contributed by atoms with Crippen molar-refractivity contribution in [2.24, 2.45) is 4.40 Å². The number of hydrogen-bond acceptors (Lipinski definition) is 1. The molecule has 0 heterocycles. The van der Waals surface area contributed by atoms with E-state index in [9.17, 15) is 4.21 Å². The maximum absolute atomic E-state index is 11.5. The molecule has 0 fully saturated rings. The van der Waals surface area contributed by atoms with E-state index >= 15 is 0 Å². The molecule has 0 N–H and O–H groups in total. The van der Waals surface area contributed by atoms with Crippen LogP contribution >= 0.6 is 0 Å². The smallest absolute Gasteiger partial charge is 0.172 e. The van der Waals surface area contributed by atoms with Crippen molar-refractivity contribution in [3.05, 3.63) is 43.0 Å². The number of hydrogen-bond donors (Lipinski definition) is 0. The minimum absolute atomic E-state index is 0.738. The minimum Gasteiger partial charge on any atom is -0.230 e. The van der Waals surface area contributed by atoms with Crippen LogP contribution in [0.25, 0.3) is 0 Å². The Balaban J connectivity index is 2.51. The molecule has 0 radical (unpaired) electrons. The molecular weight excluding hydrogens is 194 g/mol. The molecule has 0 aliphatic carbocycles. The van der Waals surface area contributed by atoms with Gasteiger partial charge in [0.05, 0.1) is 4.90 Å². The van der Waals surface area contributed by atoms with E-state index in [1.54, 1.807) is 18.3 Å². The van der Waals surface area contributed by atoms with Gasteiger partial charge in [0.1, 0.15) is 0 Å². The third-order valence-electron chi connectivity index (χ3n) is 1.62. The lowest BCUT2D eigenvalue weighted by Crippen LogP contribution is -1.86. The Hall–Kier alpha value is -1.22. The highest BCUT2D eigenvalue weighted by Gasteiger charge is 1.97. The summed E-state index contributed by atoms with van der Waals surface area (Å²) in [6.07, 6.45) is 5.17. The molecule has 0 bridgehead atoms. The van der Waals surface area contributed by atoms with Crippen LogP contribution in [0.1, 0.15) is 12.8 Å². The Kier molecular flexibility index (Phi) is 4.86. The lowest BCUT2D eigenvalue weighted by molar-refractivity contribution is 0.684. The number of unbranched alkanes of at least 4 members (excludes halogenated alkanes) is 1. The number of benzene rings is 1. The highest BCUT2D eigenvalue weighted by molar-refractivity contribution is 7.83. The molecule has 0 aliphatic rings. The maximum atomic E-state index is 11.5. The van der Waals surface area contributed by atoms with Crippen molar-refractivity contribution >= 4 is 17.2 Å². The molecule has 0 aromatic heterocycles. The van der Waals surface area contributed by atoms with Crippen molar-refractivity contribution in [2.75, 3.05) is 0 Å². The third kappa shape index (κ3) is 3.66. The number of rotatable bonds is 5. The average molecular weight is 207 g/mol. The fourth-order valence-electron chi connectivity index (χ4n) is 0.911. The number of nitrogens with zero attached hydrogens (tertiary/aromatic N) is 1. The van der Waals surface area contributed by atoms with Gasteiger partial charge in [0.15, 0.2) is 11.0 Å². The number of allylic oxidation sites excluding steroid dienone is 1. The topological polar surface area (TPSA) is 29.4 Å². The van der Waals surface area contributed by atoms with Gasteiger partial charge in [0.2, 0.25) is 0 Å². The van der Waals surface area contributed by atoms with Crippen LogP contribution in [0.15, 0.2) is 52.3 Å². The molecule has 1 aromatic rings. The largest absolute Gasteiger partial charge is 0.230 e. The first kappa shape index (κ1) is 10.9. The first-order valence-corrected chi connectivity index (χ1v) is 5.55. The molecule has 0 amide bonds. The molecule has 0 saturated carbocycles. The van der Waals surface area contributed by atoms with E-state index in [2.05, 4.69) is 11.0 Å². The summed E-state index contributed by atoms with van der Waals surface area (Å²) in [7, 11) is -1.25. The minimum atomic E-state index is -1.25. The van der Waals surface area contributed by atoms with Crippen LogP contribution in [0.4, 0.5) is 0 Å².